The summed E-state index contributed by atoms with van der Waals surface area (Å²) in [6, 6.07) is 25.7. The maximum Gasteiger partial charge on any atom is 0.313 e. The van der Waals surface area contributed by atoms with Crippen molar-refractivity contribution in [3.63, 3.8) is 0 Å². The number of aryl methyl sites for hydroxylation is 2. The van der Waals surface area contributed by atoms with E-state index in [0.29, 0.717) is 12.2 Å². The highest BCUT2D eigenvalue weighted by Crippen LogP contribution is 2.23. The molecule has 142 valence electrons. The van der Waals surface area contributed by atoms with Crippen molar-refractivity contribution in [2.75, 3.05) is 11.9 Å². The number of hydrogen-bond donors (Lipinski definition) is 2. The fourth-order valence-electron chi connectivity index (χ4n) is 3.12. The molecule has 2 N–H and O–H groups in total. The van der Waals surface area contributed by atoms with Crippen LogP contribution in [0.5, 0.6) is 0 Å². The first kappa shape index (κ1) is 19.4. The molecular formula is C24H24N2O2. The summed E-state index contributed by atoms with van der Waals surface area (Å²) in [5.74, 6) is -1.33. The van der Waals surface area contributed by atoms with Gasteiger partial charge in [0.2, 0.25) is 0 Å². The number of carbonyl (C=O) groups is 2. The van der Waals surface area contributed by atoms with Gasteiger partial charge in [0, 0.05) is 18.2 Å². The van der Waals surface area contributed by atoms with Crippen LogP contribution in [0.2, 0.25) is 0 Å². The highest BCUT2D eigenvalue weighted by atomic mass is 16.2. The second-order valence-corrected chi connectivity index (χ2v) is 6.86. The minimum absolute atomic E-state index is 0.0279. The van der Waals surface area contributed by atoms with E-state index < -0.39 is 11.8 Å². The number of hydrogen-bond acceptors (Lipinski definition) is 2. The SMILES string of the molecule is Cc1ccc(C)c(NC(=O)C(=O)NCC(c2ccccc2)c2ccccc2)c1. The minimum atomic E-state index is -0.659. The van der Waals surface area contributed by atoms with Crippen LogP contribution in [0.25, 0.3) is 0 Å². The van der Waals surface area contributed by atoms with E-state index in [1.54, 1.807) is 0 Å². The van der Waals surface area contributed by atoms with Gasteiger partial charge >= 0.3 is 11.8 Å². The van der Waals surface area contributed by atoms with Crippen molar-refractivity contribution < 1.29 is 9.59 Å². The molecule has 0 aliphatic rings. The van der Waals surface area contributed by atoms with Crippen molar-refractivity contribution in [2.45, 2.75) is 19.8 Å². The van der Waals surface area contributed by atoms with Crippen LogP contribution in [-0.2, 0) is 9.59 Å². The van der Waals surface area contributed by atoms with Gasteiger partial charge in [0.1, 0.15) is 0 Å². The summed E-state index contributed by atoms with van der Waals surface area (Å²) in [6.07, 6.45) is 0. The quantitative estimate of drug-likeness (QED) is 0.660. The summed E-state index contributed by atoms with van der Waals surface area (Å²) in [5.41, 5.74) is 4.77. The average molecular weight is 372 g/mol. The molecule has 3 aromatic rings. The Morgan fingerprint density at radius 2 is 1.36 bits per heavy atom. The monoisotopic (exact) mass is 372 g/mol. The van der Waals surface area contributed by atoms with Gasteiger partial charge in [0.05, 0.1) is 0 Å². The smallest absolute Gasteiger partial charge is 0.313 e. The third-order valence-electron chi connectivity index (χ3n) is 4.72. The van der Waals surface area contributed by atoms with Gasteiger partial charge in [-0.25, -0.2) is 0 Å². The van der Waals surface area contributed by atoms with Crippen LogP contribution in [0.15, 0.2) is 78.9 Å². The second kappa shape index (κ2) is 9.00. The molecule has 4 heteroatoms. The van der Waals surface area contributed by atoms with E-state index in [2.05, 4.69) is 10.6 Å². The lowest BCUT2D eigenvalue weighted by Gasteiger charge is -2.19. The van der Waals surface area contributed by atoms with Gasteiger partial charge in [-0.05, 0) is 42.2 Å². The zero-order chi connectivity index (χ0) is 19.9. The van der Waals surface area contributed by atoms with Gasteiger partial charge in [0.25, 0.3) is 0 Å². The second-order valence-electron chi connectivity index (χ2n) is 6.86. The highest BCUT2D eigenvalue weighted by molar-refractivity contribution is 6.39. The molecule has 4 nitrogen and oxygen atoms in total. The number of amides is 2. The molecule has 0 spiro atoms. The Kier molecular flexibility index (Phi) is 6.22. The Morgan fingerprint density at radius 3 is 1.93 bits per heavy atom. The van der Waals surface area contributed by atoms with Gasteiger partial charge in [-0.15, -0.1) is 0 Å². The van der Waals surface area contributed by atoms with Crippen molar-refractivity contribution in [2.24, 2.45) is 0 Å². The highest BCUT2D eigenvalue weighted by Gasteiger charge is 2.19. The molecule has 0 heterocycles. The molecule has 0 radical (unpaired) electrons. The molecule has 0 aliphatic carbocycles. The minimum Gasteiger partial charge on any atom is -0.347 e. The number of carbonyl (C=O) groups excluding carboxylic acids is 2. The topological polar surface area (TPSA) is 58.2 Å². The molecule has 3 aromatic carbocycles. The lowest BCUT2D eigenvalue weighted by molar-refractivity contribution is -0.136. The predicted octanol–water partition coefficient (Wildman–Crippen LogP) is 4.19. The Labute approximate surface area is 165 Å². The molecule has 0 fully saturated rings. The number of benzene rings is 3. The fraction of sp³-hybridized carbons (Fsp3) is 0.167. The van der Waals surface area contributed by atoms with Crippen LogP contribution >= 0.6 is 0 Å². The van der Waals surface area contributed by atoms with Crippen LogP contribution in [-0.4, -0.2) is 18.4 Å². The van der Waals surface area contributed by atoms with Crippen LogP contribution in [0.3, 0.4) is 0 Å². The Morgan fingerprint density at radius 1 is 0.786 bits per heavy atom. The van der Waals surface area contributed by atoms with Crippen molar-refractivity contribution in [3.8, 4) is 0 Å². The molecule has 0 saturated carbocycles. The summed E-state index contributed by atoms with van der Waals surface area (Å²) in [7, 11) is 0. The van der Waals surface area contributed by atoms with E-state index in [1.165, 1.54) is 0 Å². The van der Waals surface area contributed by atoms with Gasteiger partial charge in [-0.2, -0.15) is 0 Å². The summed E-state index contributed by atoms with van der Waals surface area (Å²) in [4.78, 5) is 24.7. The van der Waals surface area contributed by atoms with Gasteiger partial charge < -0.3 is 10.6 Å². The Hall–Kier alpha value is -3.40. The normalized spacial score (nSPS) is 10.5. The number of nitrogens with one attached hydrogen (secondary N) is 2. The maximum atomic E-state index is 12.4. The van der Waals surface area contributed by atoms with Crippen molar-refractivity contribution in [1.29, 1.82) is 0 Å². The predicted molar refractivity (Wildman–Crippen MR) is 112 cm³/mol. The zero-order valence-electron chi connectivity index (χ0n) is 16.1. The van der Waals surface area contributed by atoms with Gasteiger partial charge in [-0.1, -0.05) is 72.8 Å². The van der Waals surface area contributed by atoms with E-state index in [0.717, 1.165) is 22.3 Å². The molecule has 0 saturated heterocycles. The first-order valence-electron chi connectivity index (χ1n) is 9.31. The Balaban J connectivity index is 1.70. The lowest BCUT2D eigenvalue weighted by Crippen LogP contribution is -2.38. The molecular weight excluding hydrogens is 348 g/mol. The number of rotatable bonds is 5. The van der Waals surface area contributed by atoms with Gasteiger partial charge in [0.15, 0.2) is 0 Å². The molecule has 0 unspecified atom stereocenters. The maximum absolute atomic E-state index is 12.4. The van der Waals surface area contributed by atoms with Crippen molar-refractivity contribution >= 4 is 17.5 Å². The zero-order valence-corrected chi connectivity index (χ0v) is 16.1. The van der Waals surface area contributed by atoms with E-state index >= 15 is 0 Å². The van der Waals surface area contributed by atoms with E-state index in [9.17, 15) is 9.59 Å². The molecule has 0 aliphatic heterocycles. The molecule has 0 aromatic heterocycles. The van der Waals surface area contributed by atoms with E-state index in [-0.39, 0.29) is 5.92 Å². The van der Waals surface area contributed by atoms with Gasteiger partial charge in [-0.3, -0.25) is 9.59 Å². The van der Waals surface area contributed by atoms with E-state index in [1.807, 2.05) is 92.7 Å². The summed E-state index contributed by atoms with van der Waals surface area (Å²) in [5, 5.41) is 5.49. The summed E-state index contributed by atoms with van der Waals surface area (Å²) >= 11 is 0. The summed E-state index contributed by atoms with van der Waals surface area (Å²) in [6.45, 7) is 4.18. The van der Waals surface area contributed by atoms with Crippen molar-refractivity contribution in [3.05, 3.63) is 101 Å². The fourth-order valence-corrected chi connectivity index (χ4v) is 3.12. The third kappa shape index (κ3) is 4.86. The largest absolute Gasteiger partial charge is 0.347 e. The van der Waals surface area contributed by atoms with Crippen molar-refractivity contribution in [1.82, 2.24) is 5.32 Å². The third-order valence-corrected chi connectivity index (χ3v) is 4.72. The number of anilines is 1. The standard InChI is InChI=1S/C24H24N2O2/c1-17-13-14-18(2)22(15-17)26-24(28)23(27)25-16-21(19-9-5-3-6-10-19)20-11-7-4-8-12-20/h3-15,21H,16H2,1-2H3,(H,25,27)(H,26,28). The average Bonchev–Trinajstić information content (AvgIpc) is 2.72. The molecule has 0 bridgehead atoms. The van der Waals surface area contributed by atoms with Crippen LogP contribution in [0, 0.1) is 13.8 Å². The molecule has 28 heavy (non-hydrogen) atoms. The Bertz CT molecular complexity index is 913. The first-order chi connectivity index (χ1) is 13.5. The van der Waals surface area contributed by atoms with Crippen LogP contribution in [0.1, 0.15) is 28.2 Å². The molecule has 3 rings (SSSR count). The van der Waals surface area contributed by atoms with E-state index in [4.69, 9.17) is 0 Å². The summed E-state index contributed by atoms with van der Waals surface area (Å²) < 4.78 is 0. The van der Waals surface area contributed by atoms with Crippen LogP contribution in [0.4, 0.5) is 5.69 Å². The lowest BCUT2D eigenvalue weighted by atomic mass is 9.91. The first-order valence-corrected chi connectivity index (χ1v) is 9.31. The van der Waals surface area contributed by atoms with Crippen LogP contribution < -0.4 is 10.6 Å². The molecule has 0 atom stereocenters. The molecule has 2 amide bonds.